The first-order valence-electron chi connectivity index (χ1n) is 6.29. The van der Waals surface area contributed by atoms with E-state index in [1.165, 1.54) is 30.6 Å². The lowest BCUT2D eigenvalue weighted by Gasteiger charge is -2.14. The number of aliphatic hydroxyl groups excluding tert-OH is 1. The minimum atomic E-state index is -0.407. The third-order valence-electron chi connectivity index (χ3n) is 2.90. The molecule has 4 nitrogen and oxygen atoms in total. The van der Waals surface area contributed by atoms with Gasteiger partial charge in [-0.3, -0.25) is 4.98 Å². The van der Waals surface area contributed by atoms with Crippen molar-refractivity contribution in [3.63, 3.8) is 0 Å². The van der Waals surface area contributed by atoms with Crippen LogP contribution in [0, 0.1) is 5.82 Å². The quantitative estimate of drug-likeness (QED) is 0.890. The molecule has 1 unspecified atom stereocenters. The van der Waals surface area contributed by atoms with E-state index in [-0.39, 0.29) is 12.6 Å². The monoisotopic (exact) mass is 295 g/mol. The zero-order chi connectivity index (χ0) is 14.5. The highest BCUT2D eigenvalue weighted by Crippen LogP contribution is 2.24. The van der Waals surface area contributed by atoms with Crippen LogP contribution >= 0.6 is 11.6 Å². The Labute approximate surface area is 121 Å². The van der Waals surface area contributed by atoms with E-state index in [0.29, 0.717) is 22.1 Å². The number of nitrogens with zero attached hydrogens (tertiary/aromatic N) is 2. The molecule has 106 valence electrons. The molecule has 0 fully saturated rings. The van der Waals surface area contributed by atoms with Crippen LogP contribution in [0.4, 0.5) is 10.2 Å². The lowest BCUT2D eigenvalue weighted by atomic mass is 10.1. The number of hydrogen-bond donors (Lipinski definition) is 2. The van der Waals surface area contributed by atoms with Crippen LogP contribution < -0.4 is 5.32 Å². The highest BCUT2D eigenvalue weighted by Gasteiger charge is 2.10. The van der Waals surface area contributed by atoms with Crippen molar-refractivity contribution in [2.75, 3.05) is 11.9 Å². The summed E-state index contributed by atoms with van der Waals surface area (Å²) in [6, 6.07) is 4.17. The van der Waals surface area contributed by atoms with Gasteiger partial charge in [-0.2, -0.15) is 0 Å². The van der Waals surface area contributed by atoms with Gasteiger partial charge in [-0.1, -0.05) is 18.5 Å². The van der Waals surface area contributed by atoms with Crippen LogP contribution in [0.1, 0.15) is 13.3 Å². The molecule has 2 aromatic rings. The summed E-state index contributed by atoms with van der Waals surface area (Å²) >= 11 is 5.87. The van der Waals surface area contributed by atoms with Gasteiger partial charge in [0.2, 0.25) is 0 Å². The summed E-state index contributed by atoms with van der Waals surface area (Å²) in [7, 11) is 0. The van der Waals surface area contributed by atoms with Gasteiger partial charge in [0.25, 0.3) is 0 Å². The summed E-state index contributed by atoms with van der Waals surface area (Å²) in [4.78, 5) is 8.33. The Balaban J connectivity index is 2.32. The zero-order valence-corrected chi connectivity index (χ0v) is 11.7. The minimum Gasteiger partial charge on any atom is -0.394 e. The molecule has 2 rings (SSSR count). The summed E-state index contributed by atoms with van der Waals surface area (Å²) in [6.45, 7) is 1.94. The molecule has 1 aromatic heterocycles. The molecule has 0 bridgehead atoms. The SMILES string of the molecule is CCC(CO)Nc1cncc(-c2cc(Cl)ccc2F)n1. The van der Waals surface area contributed by atoms with Crippen LogP contribution in [0.2, 0.25) is 5.02 Å². The van der Waals surface area contributed by atoms with Crippen molar-refractivity contribution in [1.82, 2.24) is 9.97 Å². The molecule has 1 atom stereocenters. The van der Waals surface area contributed by atoms with E-state index in [0.717, 1.165) is 6.42 Å². The molecule has 0 saturated carbocycles. The Bertz CT molecular complexity index is 590. The summed E-state index contributed by atoms with van der Waals surface area (Å²) in [5, 5.41) is 12.6. The number of aromatic nitrogens is 2. The Kier molecular flexibility index (Phi) is 4.87. The third-order valence-corrected chi connectivity index (χ3v) is 3.14. The largest absolute Gasteiger partial charge is 0.394 e. The van der Waals surface area contributed by atoms with Crippen molar-refractivity contribution in [3.05, 3.63) is 41.4 Å². The van der Waals surface area contributed by atoms with Gasteiger partial charge in [-0.05, 0) is 24.6 Å². The van der Waals surface area contributed by atoms with Gasteiger partial charge < -0.3 is 10.4 Å². The minimum absolute atomic E-state index is 0.00602. The van der Waals surface area contributed by atoms with Crippen LogP contribution in [-0.2, 0) is 0 Å². The Morgan fingerprint density at radius 1 is 1.40 bits per heavy atom. The highest BCUT2D eigenvalue weighted by atomic mass is 35.5. The smallest absolute Gasteiger partial charge is 0.145 e. The second kappa shape index (κ2) is 6.63. The molecule has 0 aliphatic carbocycles. The summed E-state index contributed by atoms with van der Waals surface area (Å²) in [6.07, 6.45) is 3.75. The van der Waals surface area contributed by atoms with Crippen molar-refractivity contribution in [2.24, 2.45) is 0 Å². The van der Waals surface area contributed by atoms with Crippen LogP contribution in [-0.4, -0.2) is 27.7 Å². The Morgan fingerprint density at radius 2 is 2.20 bits per heavy atom. The number of aliphatic hydroxyl groups is 1. The van der Waals surface area contributed by atoms with E-state index >= 15 is 0 Å². The summed E-state index contributed by atoms with van der Waals surface area (Å²) < 4.78 is 13.8. The molecule has 0 aliphatic heterocycles. The molecule has 0 aliphatic rings. The maximum absolute atomic E-state index is 13.8. The van der Waals surface area contributed by atoms with E-state index in [4.69, 9.17) is 16.7 Å². The normalized spacial score (nSPS) is 12.2. The molecular weight excluding hydrogens is 281 g/mol. The number of hydrogen-bond acceptors (Lipinski definition) is 4. The predicted octanol–water partition coefficient (Wildman–Crippen LogP) is 3.12. The number of rotatable bonds is 5. The Morgan fingerprint density at radius 3 is 2.90 bits per heavy atom. The second-order valence-corrected chi connectivity index (χ2v) is 4.78. The summed E-state index contributed by atoms with van der Waals surface area (Å²) in [5.41, 5.74) is 0.688. The number of nitrogens with one attached hydrogen (secondary N) is 1. The van der Waals surface area contributed by atoms with Crippen molar-refractivity contribution in [1.29, 1.82) is 0 Å². The summed E-state index contributed by atoms with van der Waals surface area (Å²) in [5.74, 6) is 0.0813. The molecular formula is C14H15ClFN3O. The first-order valence-corrected chi connectivity index (χ1v) is 6.66. The fourth-order valence-electron chi connectivity index (χ4n) is 1.75. The highest BCUT2D eigenvalue weighted by molar-refractivity contribution is 6.30. The molecule has 1 heterocycles. The first-order chi connectivity index (χ1) is 9.63. The standard InChI is InChI=1S/C14H15ClFN3O/c1-2-10(8-20)18-14-7-17-6-13(19-14)11-5-9(15)3-4-12(11)16/h3-7,10,20H,2,8H2,1H3,(H,18,19). The number of benzene rings is 1. The fraction of sp³-hybridized carbons (Fsp3) is 0.286. The van der Waals surface area contributed by atoms with Crippen molar-refractivity contribution >= 4 is 17.4 Å². The predicted molar refractivity (Wildman–Crippen MR) is 77.2 cm³/mol. The van der Waals surface area contributed by atoms with Gasteiger partial charge in [0, 0.05) is 10.6 Å². The fourth-order valence-corrected chi connectivity index (χ4v) is 1.92. The average molecular weight is 296 g/mol. The molecule has 2 N–H and O–H groups in total. The zero-order valence-electron chi connectivity index (χ0n) is 11.0. The maximum atomic E-state index is 13.8. The molecule has 6 heteroatoms. The Hall–Kier alpha value is -1.72. The second-order valence-electron chi connectivity index (χ2n) is 4.35. The van der Waals surface area contributed by atoms with Crippen LogP contribution in [0.5, 0.6) is 0 Å². The van der Waals surface area contributed by atoms with Crippen molar-refractivity contribution in [2.45, 2.75) is 19.4 Å². The molecule has 0 amide bonds. The van der Waals surface area contributed by atoms with E-state index in [2.05, 4.69) is 15.3 Å². The van der Waals surface area contributed by atoms with Gasteiger partial charge >= 0.3 is 0 Å². The van der Waals surface area contributed by atoms with E-state index in [1.807, 2.05) is 6.92 Å². The van der Waals surface area contributed by atoms with Gasteiger partial charge in [-0.25, -0.2) is 9.37 Å². The van der Waals surface area contributed by atoms with E-state index in [1.54, 1.807) is 0 Å². The van der Waals surface area contributed by atoms with E-state index < -0.39 is 5.82 Å². The average Bonchev–Trinajstić information content (AvgIpc) is 2.47. The lowest BCUT2D eigenvalue weighted by molar-refractivity contribution is 0.271. The lowest BCUT2D eigenvalue weighted by Crippen LogP contribution is -2.23. The molecule has 0 saturated heterocycles. The van der Waals surface area contributed by atoms with Gasteiger partial charge in [0.1, 0.15) is 11.6 Å². The van der Waals surface area contributed by atoms with E-state index in [9.17, 15) is 4.39 Å². The van der Waals surface area contributed by atoms with Crippen molar-refractivity contribution < 1.29 is 9.50 Å². The van der Waals surface area contributed by atoms with Gasteiger partial charge in [0.15, 0.2) is 0 Å². The molecule has 0 spiro atoms. The number of anilines is 1. The topological polar surface area (TPSA) is 58.0 Å². The molecule has 1 aromatic carbocycles. The first kappa shape index (κ1) is 14.7. The van der Waals surface area contributed by atoms with Crippen LogP contribution in [0.25, 0.3) is 11.3 Å². The van der Waals surface area contributed by atoms with Gasteiger partial charge in [0.05, 0.1) is 30.7 Å². The third kappa shape index (κ3) is 3.43. The van der Waals surface area contributed by atoms with Gasteiger partial charge in [-0.15, -0.1) is 0 Å². The van der Waals surface area contributed by atoms with Crippen LogP contribution in [0.15, 0.2) is 30.6 Å². The molecule has 20 heavy (non-hydrogen) atoms. The molecule has 0 radical (unpaired) electrons. The van der Waals surface area contributed by atoms with Crippen molar-refractivity contribution in [3.8, 4) is 11.3 Å². The maximum Gasteiger partial charge on any atom is 0.145 e. The van der Waals surface area contributed by atoms with Crippen LogP contribution in [0.3, 0.4) is 0 Å². The number of halogens is 2.